The molecule has 0 aliphatic carbocycles. The summed E-state index contributed by atoms with van der Waals surface area (Å²) in [5.41, 5.74) is 14.9. The molecular formula is C34H44N2O2+2. The van der Waals surface area contributed by atoms with Gasteiger partial charge in [0, 0.05) is 22.3 Å². The molecule has 0 radical (unpaired) electrons. The molecule has 4 aromatic rings. The van der Waals surface area contributed by atoms with Crippen LogP contribution in [0.4, 0.5) is 0 Å². The number of aryl methyl sites for hydroxylation is 10. The van der Waals surface area contributed by atoms with Gasteiger partial charge in [-0.1, -0.05) is 12.1 Å². The highest BCUT2D eigenvalue weighted by Gasteiger charge is 2.21. The van der Waals surface area contributed by atoms with E-state index < -0.39 is 0 Å². The zero-order valence-corrected chi connectivity index (χ0v) is 25.3. The van der Waals surface area contributed by atoms with Crippen molar-refractivity contribution in [3.8, 4) is 34.0 Å². The number of benzene rings is 2. The van der Waals surface area contributed by atoms with E-state index in [4.69, 9.17) is 9.47 Å². The summed E-state index contributed by atoms with van der Waals surface area (Å²) in [5.74, 6) is 1.89. The standard InChI is InChI=1S/2C17H22NO/c1-11-7-14(4)17(18(5)10-11)15-9-16(19-6)13(3)8-12(15)2;1-11-7-13(3)16(15(9-11)19-6)17-14(4)8-12(2)10-18(17)5/h2*7-10H,1-6H3/q2*+1. The van der Waals surface area contributed by atoms with Crippen molar-refractivity contribution in [2.45, 2.75) is 55.4 Å². The molecule has 2 heterocycles. The fourth-order valence-corrected chi connectivity index (χ4v) is 5.67. The molecule has 0 spiro atoms. The van der Waals surface area contributed by atoms with Gasteiger partial charge in [0.25, 0.3) is 0 Å². The molecule has 0 atom stereocenters. The number of ether oxygens (including phenoxy) is 2. The van der Waals surface area contributed by atoms with Crippen molar-refractivity contribution >= 4 is 0 Å². The Kier molecular flexibility index (Phi) is 8.98. The first-order chi connectivity index (χ1) is 17.9. The Hall–Kier alpha value is -3.66. The molecular weight excluding hydrogens is 468 g/mol. The van der Waals surface area contributed by atoms with Gasteiger partial charge in [0.15, 0.2) is 12.4 Å². The van der Waals surface area contributed by atoms with Gasteiger partial charge in [-0.3, -0.25) is 0 Å². The Labute approximate surface area is 229 Å². The molecule has 0 fully saturated rings. The third kappa shape index (κ3) is 6.07. The first-order valence-electron chi connectivity index (χ1n) is 13.1. The number of methoxy groups -OCH3 is 2. The van der Waals surface area contributed by atoms with Gasteiger partial charge >= 0.3 is 0 Å². The summed E-state index contributed by atoms with van der Waals surface area (Å²) in [7, 11) is 7.65. The number of hydrogen-bond donors (Lipinski definition) is 0. The molecule has 0 bridgehead atoms. The van der Waals surface area contributed by atoms with Crippen LogP contribution in [0.25, 0.3) is 22.5 Å². The zero-order valence-electron chi connectivity index (χ0n) is 25.3. The Morgan fingerprint density at radius 2 is 0.974 bits per heavy atom. The minimum atomic E-state index is 0.944. The van der Waals surface area contributed by atoms with Crippen LogP contribution in [0, 0.1) is 55.4 Å². The van der Waals surface area contributed by atoms with E-state index in [9.17, 15) is 0 Å². The summed E-state index contributed by atoms with van der Waals surface area (Å²) in [5, 5.41) is 0. The molecule has 0 amide bonds. The van der Waals surface area contributed by atoms with E-state index in [-0.39, 0.29) is 0 Å². The van der Waals surface area contributed by atoms with Gasteiger partial charge in [0.05, 0.1) is 25.3 Å². The smallest absolute Gasteiger partial charge is 0.219 e. The third-order valence-electron chi connectivity index (χ3n) is 7.03. The quantitative estimate of drug-likeness (QED) is 0.280. The first kappa shape index (κ1) is 28.9. The SMILES string of the molecule is COc1cc(-c2c(C)cc(C)c[n+]2C)c(C)cc1C.COc1cc(C)cc(C)c1-c1c(C)cc(C)c[n+]1C. The van der Waals surface area contributed by atoms with Gasteiger partial charge in [-0.15, -0.1) is 0 Å². The molecule has 2 aromatic carbocycles. The van der Waals surface area contributed by atoms with E-state index in [0.717, 1.165) is 11.5 Å². The Morgan fingerprint density at radius 3 is 1.47 bits per heavy atom. The fourth-order valence-electron chi connectivity index (χ4n) is 5.67. The Bertz CT molecular complexity index is 1440. The van der Waals surface area contributed by atoms with Crippen LogP contribution in [-0.4, -0.2) is 14.2 Å². The van der Waals surface area contributed by atoms with Crippen molar-refractivity contribution in [2.75, 3.05) is 14.2 Å². The van der Waals surface area contributed by atoms with Crippen molar-refractivity contribution in [2.24, 2.45) is 14.1 Å². The van der Waals surface area contributed by atoms with Crippen LogP contribution in [0.5, 0.6) is 11.5 Å². The number of nitrogens with zero attached hydrogens (tertiary/aromatic N) is 2. The molecule has 0 unspecified atom stereocenters. The topological polar surface area (TPSA) is 26.2 Å². The van der Waals surface area contributed by atoms with E-state index in [1.807, 2.05) is 0 Å². The molecule has 38 heavy (non-hydrogen) atoms. The Morgan fingerprint density at radius 1 is 0.474 bits per heavy atom. The minimum Gasteiger partial charge on any atom is -0.496 e. The average Bonchev–Trinajstić information content (AvgIpc) is 2.80. The maximum atomic E-state index is 5.59. The van der Waals surface area contributed by atoms with Crippen LogP contribution < -0.4 is 18.6 Å². The van der Waals surface area contributed by atoms with Crippen LogP contribution in [0.3, 0.4) is 0 Å². The number of aromatic nitrogens is 2. The monoisotopic (exact) mass is 512 g/mol. The normalized spacial score (nSPS) is 10.6. The molecule has 2 aromatic heterocycles. The lowest BCUT2D eigenvalue weighted by molar-refractivity contribution is -0.661. The number of pyridine rings is 2. The molecule has 4 rings (SSSR count). The molecule has 0 aliphatic heterocycles. The summed E-state index contributed by atoms with van der Waals surface area (Å²) < 4.78 is 15.4. The van der Waals surface area contributed by atoms with Crippen LogP contribution >= 0.6 is 0 Å². The van der Waals surface area contributed by atoms with E-state index in [0.29, 0.717) is 0 Å². The predicted octanol–water partition coefficient (Wildman–Crippen LogP) is 6.84. The molecule has 4 heteroatoms. The summed E-state index contributed by atoms with van der Waals surface area (Å²) in [4.78, 5) is 0. The number of hydrogen-bond acceptors (Lipinski definition) is 2. The molecule has 0 N–H and O–H groups in total. The van der Waals surface area contributed by atoms with Crippen molar-refractivity contribution in [1.29, 1.82) is 0 Å². The van der Waals surface area contributed by atoms with Crippen molar-refractivity contribution in [1.82, 2.24) is 0 Å². The summed E-state index contributed by atoms with van der Waals surface area (Å²) in [6.45, 7) is 17.0. The minimum absolute atomic E-state index is 0.944. The second-order valence-electron chi connectivity index (χ2n) is 10.6. The lowest BCUT2D eigenvalue weighted by Crippen LogP contribution is -2.32. The maximum Gasteiger partial charge on any atom is 0.219 e. The highest BCUT2D eigenvalue weighted by molar-refractivity contribution is 5.72. The second kappa shape index (κ2) is 11.8. The Balaban J connectivity index is 0.000000211. The third-order valence-corrected chi connectivity index (χ3v) is 7.03. The summed E-state index contributed by atoms with van der Waals surface area (Å²) in [6, 6.07) is 13.1. The van der Waals surface area contributed by atoms with E-state index in [1.165, 1.54) is 67.0 Å². The lowest BCUT2D eigenvalue weighted by Gasteiger charge is -2.13. The van der Waals surface area contributed by atoms with Gasteiger partial charge < -0.3 is 9.47 Å². The van der Waals surface area contributed by atoms with Crippen LogP contribution in [0.1, 0.15) is 44.5 Å². The zero-order chi connectivity index (χ0) is 28.3. The predicted molar refractivity (Wildman–Crippen MR) is 157 cm³/mol. The maximum absolute atomic E-state index is 5.59. The summed E-state index contributed by atoms with van der Waals surface area (Å²) in [6.07, 6.45) is 4.31. The van der Waals surface area contributed by atoms with Gasteiger partial charge in [0.2, 0.25) is 11.4 Å². The summed E-state index contributed by atoms with van der Waals surface area (Å²) >= 11 is 0. The molecule has 0 saturated carbocycles. The van der Waals surface area contributed by atoms with E-state index in [2.05, 4.69) is 127 Å². The highest BCUT2D eigenvalue weighted by Crippen LogP contribution is 2.34. The molecule has 0 aliphatic rings. The molecule has 200 valence electrons. The van der Waals surface area contributed by atoms with Gasteiger partial charge in [-0.2, -0.15) is 0 Å². The van der Waals surface area contributed by atoms with Crippen LogP contribution in [-0.2, 0) is 14.1 Å². The van der Waals surface area contributed by atoms with E-state index >= 15 is 0 Å². The number of rotatable bonds is 4. The van der Waals surface area contributed by atoms with Crippen LogP contribution in [0.15, 0.2) is 48.8 Å². The second-order valence-corrected chi connectivity index (χ2v) is 10.6. The molecule has 4 nitrogen and oxygen atoms in total. The largest absolute Gasteiger partial charge is 0.496 e. The van der Waals surface area contributed by atoms with Gasteiger partial charge in [0.1, 0.15) is 25.6 Å². The first-order valence-corrected chi connectivity index (χ1v) is 13.1. The van der Waals surface area contributed by atoms with Gasteiger partial charge in [-0.05, 0) is 102 Å². The molecule has 0 saturated heterocycles. The van der Waals surface area contributed by atoms with Crippen molar-refractivity contribution in [3.05, 3.63) is 93.3 Å². The lowest BCUT2D eigenvalue weighted by atomic mass is 9.97. The van der Waals surface area contributed by atoms with Crippen LogP contribution in [0.2, 0.25) is 0 Å². The van der Waals surface area contributed by atoms with Crippen molar-refractivity contribution in [3.63, 3.8) is 0 Å². The van der Waals surface area contributed by atoms with Crippen molar-refractivity contribution < 1.29 is 18.6 Å². The average molecular weight is 513 g/mol. The highest BCUT2D eigenvalue weighted by atomic mass is 16.5. The fraction of sp³-hybridized carbons (Fsp3) is 0.353. The van der Waals surface area contributed by atoms with Gasteiger partial charge in [-0.25, -0.2) is 9.13 Å². The van der Waals surface area contributed by atoms with E-state index in [1.54, 1.807) is 14.2 Å².